The Morgan fingerprint density at radius 2 is 1.96 bits per heavy atom. The van der Waals surface area contributed by atoms with Gasteiger partial charge in [0, 0.05) is 16.7 Å². The first kappa shape index (κ1) is 17.0. The number of benzene rings is 2. The van der Waals surface area contributed by atoms with E-state index in [0.717, 1.165) is 11.6 Å². The van der Waals surface area contributed by atoms with Gasteiger partial charge in [-0.15, -0.1) is 0 Å². The lowest BCUT2D eigenvalue weighted by Crippen LogP contribution is -2.10. The first-order valence-corrected chi connectivity index (χ1v) is 8.07. The van der Waals surface area contributed by atoms with Crippen LogP contribution in [0.3, 0.4) is 0 Å². The van der Waals surface area contributed by atoms with Crippen molar-refractivity contribution in [1.82, 2.24) is 0 Å². The van der Waals surface area contributed by atoms with Gasteiger partial charge in [-0.25, -0.2) is 4.79 Å². The van der Waals surface area contributed by atoms with Gasteiger partial charge in [0.2, 0.25) is 5.76 Å². The summed E-state index contributed by atoms with van der Waals surface area (Å²) in [5, 5.41) is 0.730. The minimum Gasteiger partial charge on any atom is -0.493 e. The average molecular weight is 359 g/mol. The molecule has 1 heterocycles. The van der Waals surface area contributed by atoms with E-state index in [1.54, 1.807) is 24.3 Å². The van der Waals surface area contributed by atoms with Crippen LogP contribution in [0.4, 0.5) is 0 Å². The summed E-state index contributed by atoms with van der Waals surface area (Å²) in [6, 6.07) is 13.0. The lowest BCUT2D eigenvalue weighted by Gasteiger charge is -2.10. The first-order chi connectivity index (χ1) is 12.1. The highest BCUT2D eigenvalue weighted by molar-refractivity contribution is 6.31. The van der Waals surface area contributed by atoms with Crippen molar-refractivity contribution >= 4 is 28.5 Å². The lowest BCUT2D eigenvalue weighted by molar-refractivity contribution is 0.0433. The molecular weight excluding hydrogens is 344 g/mol. The maximum atomic E-state index is 12.2. The molecule has 0 aliphatic carbocycles. The van der Waals surface area contributed by atoms with Crippen LogP contribution in [-0.2, 0) is 11.3 Å². The number of carbonyl (C=O) groups excluding carboxylic acids is 1. The molecule has 0 saturated carbocycles. The molecule has 0 amide bonds. The molecule has 25 heavy (non-hydrogen) atoms. The standard InChI is InChI=1S/C19H15ClO5/c1-2-23-16-6-4-3-5-12(16)11-24-19(22)18-10-15(21)14-9-13(20)7-8-17(14)25-18/h3-10H,2,11H2,1H3. The fourth-order valence-electron chi connectivity index (χ4n) is 2.36. The van der Waals surface area contributed by atoms with Crippen LogP contribution in [0.25, 0.3) is 11.0 Å². The van der Waals surface area contributed by atoms with E-state index < -0.39 is 5.97 Å². The maximum absolute atomic E-state index is 12.2. The number of ether oxygens (including phenoxy) is 2. The number of rotatable bonds is 5. The number of carbonyl (C=O) groups is 1. The summed E-state index contributed by atoms with van der Waals surface area (Å²) in [5.41, 5.74) is 0.650. The van der Waals surface area contributed by atoms with E-state index in [4.69, 9.17) is 25.5 Å². The molecule has 0 aliphatic heterocycles. The largest absolute Gasteiger partial charge is 0.493 e. The molecule has 0 unspecified atom stereocenters. The molecule has 5 nitrogen and oxygen atoms in total. The third-order valence-electron chi connectivity index (χ3n) is 3.52. The Hall–Kier alpha value is -2.79. The maximum Gasteiger partial charge on any atom is 0.374 e. The number of esters is 1. The molecular formula is C19H15ClO5. The Morgan fingerprint density at radius 1 is 1.16 bits per heavy atom. The zero-order valence-electron chi connectivity index (χ0n) is 13.5. The smallest absolute Gasteiger partial charge is 0.374 e. The fourth-order valence-corrected chi connectivity index (χ4v) is 2.54. The Balaban J connectivity index is 1.81. The van der Waals surface area contributed by atoms with Gasteiger partial charge in [0.25, 0.3) is 0 Å². The van der Waals surface area contributed by atoms with Crippen LogP contribution in [0.1, 0.15) is 23.0 Å². The fraction of sp³-hybridized carbons (Fsp3) is 0.158. The van der Waals surface area contributed by atoms with Gasteiger partial charge in [0.15, 0.2) is 5.43 Å². The zero-order valence-corrected chi connectivity index (χ0v) is 14.2. The van der Waals surface area contributed by atoms with E-state index in [1.165, 1.54) is 6.07 Å². The number of fused-ring (bicyclic) bond motifs is 1. The van der Waals surface area contributed by atoms with Gasteiger partial charge in [-0.3, -0.25) is 4.79 Å². The summed E-state index contributed by atoms with van der Waals surface area (Å²) < 4.78 is 16.2. The summed E-state index contributed by atoms with van der Waals surface area (Å²) in [6.07, 6.45) is 0. The number of halogens is 1. The van der Waals surface area contributed by atoms with Gasteiger partial charge in [0.1, 0.15) is 17.9 Å². The summed E-state index contributed by atoms with van der Waals surface area (Å²) in [7, 11) is 0. The molecule has 0 aliphatic rings. The molecule has 128 valence electrons. The van der Waals surface area contributed by atoms with Crippen molar-refractivity contribution in [3.63, 3.8) is 0 Å². The topological polar surface area (TPSA) is 65.7 Å². The summed E-state index contributed by atoms with van der Waals surface area (Å²) in [4.78, 5) is 24.4. The Morgan fingerprint density at radius 3 is 2.76 bits per heavy atom. The highest BCUT2D eigenvalue weighted by Gasteiger charge is 2.15. The lowest BCUT2D eigenvalue weighted by atomic mass is 10.2. The average Bonchev–Trinajstić information content (AvgIpc) is 2.61. The van der Waals surface area contributed by atoms with Gasteiger partial charge in [-0.05, 0) is 31.2 Å². The van der Waals surface area contributed by atoms with Gasteiger partial charge in [-0.2, -0.15) is 0 Å². The van der Waals surface area contributed by atoms with Crippen molar-refractivity contribution in [2.75, 3.05) is 6.61 Å². The molecule has 3 aromatic rings. The molecule has 6 heteroatoms. The van der Waals surface area contributed by atoms with E-state index in [2.05, 4.69) is 0 Å². The first-order valence-electron chi connectivity index (χ1n) is 7.69. The molecule has 1 aromatic heterocycles. The Labute approximate surface area is 148 Å². The Bertz CT molecular complexity index is 977. The number of hydrogen-bond donors (Lipinski definition) is 0. The molecule has 2 aromatic carbocycles. The molecule has 0 saturated heterocycles. The molecule has 0 bridgehead atoms. The minimum atomic E-state index is -0.722. The second-order valence-corrected chi connectivity index (χ2v) is 5.67. The van der Waals surface area contributed by atoms with Crippen LogP contribution in [0.5, 0.6) is 5.75 Å². The van der Waals surface area contributed by atoms with E-state index in [0.29, 0.717) is 22.8 Å². The predicted molar refractivity (Wildman–Crippen MR) is 94.2 cm³/mol. The SMILES string of the molecule is CCOc1ccccc1COC(=O)c1cc(=O)c2cc(Cl)ccc2o1. The monoisotopic (exact) mass is 358 g/mol. The molecule has 0 N–H and O–H groups in total. The third kappa shape index (κ3) is 3.83. The van der Waals surface area contributed by atoms with Crippen molar-refractivity contribution in [2.45, 2.75) is 13.5 Å². The normalized spacial score (nSPS) is 10.6. The molecule has 3 rings (SSSR count). The van der Waals surface area contributed by atoms with Gasteiger partial charge in [-0.1, -0.05) is 29.8 Å². The van der Waals surface area contributed by atoms with Crippen LogP contribution in [0.15, 0.2) is 57.7 Å². The van der Waals surface area contributed by atoms with Gasteiger partial charge in [0.05, 0.1) is 12.0 Å². The number of para-hydroxylation sites is 1. The van der Waals surface area contributed by atoms with E-state index in [1.807, 2.05) is 19.1 Å². The molecule has 0 fully saturated rings. The second-order valence-electron chi connectivity index (χ2n) is 5.23. The van der Waals surface area contributed by atoms with Crippen molar-refractivity contribution in [3.8, 4) is 5.75 Å². The Kier molecular flexibility index (Phi) is 5.05. The zero-order chi connectivity index (χ0) is 17.8. The van der Waals surface area contributed by atoms with Crippen LogP contribution in [0, 0.1) is 0 Å². The number of hydrogen-bond acceptors (Lipinski definition) is 5. The van der Waals surface area contributed by atoms with E-state index in [9.17, 15) is 9.59 Å². The van der Waals surface area contributed by atoms with Crippen molar-refractivity contribution in [3.05, 3.63) is 75.1 Å². The van der Waals surface area contributed by atoms with Crippen LogP contribution < -0.4 is 10.2 Å². The highest BCUT2D eigenvalue weighted by atomic mass is 35.5. The van der Waals surface area contributed by atoms with Gasteiger partial charge >= 0.3 is 5.97 Å². The van der Waals surface area contributed by atoms with Crippen molar-refractivity contribution < 1.29 is 18.7 Å². The van der Waals surface area contributed by atoms with Crippen molar-refractivity contribution in [2.24, 2.45) is 0 Å². The minimum absolute atomic E-state index is 0.0113. The second kappa shape index (κ2) is 7.40. The van der Waals surface area contributed by atoms with Gasteiger partial charge < -0.3 is 13.9 Å². The summed E-state index contributed by atoms with van der Waals surface area (Å²) in [6.45, 7) is 2.39. The molecule has 0 spiro atoms. The van der Waals surface area contributed by atoms with Crippen LogP contribution in [-0.4, -0.2) is 12.6 Å². The summed E-state index contributed by atoms with van der Waals surface area (Å²) in [5.74, 6) is -0.235. The molecule has 0 radical (unpaired) electrons. The van der Waals surface area contributed by atoms with E-state index in [-0.39, 0.29) is 23.4 Å². The van der Waals surface area contributed by atoms with Crippen LogP contribution >= 0.6 is 11.6 Å². The highest BCUT2D eigenvalue weighted by Crippen LogP contribution is 2.21. The van der Waals surface area contributed by atoms with E-state index >= 15 is 0 Å². The third-order valence-corrected chi connectivity index (χ3v) is 3.76. The summed E-state index contributed by atoms with van der Waals surface area (Å²) >= 11 is 5.87. The van der Waals surface area contributed by atoms with Crippen molar-refractivity contribution in [1.29, 1.82) is 0 Å². The predicted octanol–water partition coefficient (Wildman–Crippen LogP) is 4.20. The van der Waals surface area contributed by atoms with Crippen LogP contribution in [0.2, 0.25) is 5.02 Å². The quantitative estimate of drug-likeness (QED) is 0.639. The molecule has 0 atom stereocenters.